The average Bonchev–Trinajstić information content (AvgIpc) is 2.85. The predicted molar refractivity (Wildman–Crippen MR) is 79.2 cm³/mol. The first kappa shape index (κ1) is 11.3. The van der Waals surface area contributed by atoms with Crippen LogP contribution in [0.5, 0.6) is 0 Å². The Kier molecular flexibility index (Phi) is 2.52. The molecule has 1 aromatic heterocycles. The van der Waals surface area contributed by atoms with Gasteiger partial charge in [0.05, 0.1) is 6.04 Å². The van der Waals surface area contributed by atoms with Gasteiger partial charge in [-0.3, -0.25) is 4.90 Å². The third-order valence-electron chi connectivity index (χ3n) is 4.88. The number of nitrogens with one attached hydrogen (secondary N) is 1. The number of hydrogen-bond donors (Lipinski definition) is 1. The van der Waals surface area contributed by atoms with Crippen LogP contribution in [0.1, 0.15) is 30.1 Å². The van der Waals surface area contributed by atoms with E-state index in [1.807, 2.05) is 0 Å². The van der Waals surface area contributed by atoms with Gasteiger partial charge >= 0.3 is 0 Å². The molecule has 1 fully saturated rings. The first-order valence-electron chi connectivity index (χ1n) is 7.33. The standard InChI is InChI=1S/C17H20N2/c1-2-12-7-8-16-17-14(9-10-19(16)11-12)13-5-3-4-6-15(13)18-17/h2-6,12,16,18H,1,7-11H2/t12-,16-/m0/s1. The number of rotatable bonds is 1. The molecule has 2 heteroatoms. The number of aromatic amines is 1. The van der Waals surface area contributed by atoms with Crippen molar-refractivity contribution >= 4 is 10.9 Å². The summed E-state index contributed by atoms with van der Waals surface area (Å²) >= 11 is 0. The first-order chi connectivity index (χ1) is 9.36. The fourth-order valence-electron chi connectivity index (χ4n) is 3.87. The van der Waals surface area contributed by atoms with Crippen LogP contribution in [-0.2, 0) is 6.42 Å². The highest BCUT2D eigenvalue weighted by Crippen LogP contribution is 2.40. The van der Waals surface area contributed by atoms with Crippen molar-refractivity contribution in [2.45, 2.75) is 25.3 Å². The molecule has 0 spiro atoms. The minimum Gasteiger partial charge on any atom is -0.357 e. The van der Waals surface area contributed by atoms with Crippen LogP contribution in [0.25, 0.3) is 10.9 Å². The van der Waals surface area contributed by atoms with Crippen molar-refractivity contribution in [3.8, 4) is 0 Å². The highest BCUT2D eigenvalue weighted by molar-refractivity contribution is 5.85. The predicted octanol–water partition coefficient (Wildman–Crippen LogP) is 3.66. The van der Waals surface area contributed by atoms with Gasteiger partial charge in [-0.2, -0.15) is 0 Å². The topological polar surface area (TPSA) is 19.0 Å². The lowest BCUT2D eigenvalue weighted by Crippen LogP contribution is -2.41. The van der Waals surface area contributed by atoms with E-state index in [1.165, 1.54) is 48.9 Å². The van der Waals surface area contributed by atoms with Crippen LogP contribution in [0, 0.1) is 5.92 Å². The van der Waals surface area contributed by atoms with E-state index in [0.29, 0.717) is 12.0 Å². The average molecular weight is 252 g/mol. The van der Waals surface area contributed by atoms with Gasteiger partial charge in [-0.25, -0.2) is 0 Å². The van der Waals surface area contributed by atoms with Crippen molar-refractivity contribution in [3.63, 3.8) is 0 Å². The van der Waals surface area contributed by atoms with Crippen molar-refractivity contribution in [1.82, 2.24) is 9.88 Å². The Balaban J connectivity index is 1.77. The molecule has 0 radical (unpaired) electrons. The SMILES string of the molecule is C=C[C@H]1CC[C@H]2c3[nH]c4ccccc4c3CCN2C1. The molecule has 1 aromatic carbocycles. The minimum absolute atomic E-state index is 0.604. The van der Waals surface area contributed by atoms with Gasteiger partial charge in [0.1, 0.15) is 0 Å². The second-order valence-corrected chi connectivity index (χ2v) is 5.90. The van der Waals surface area contributed by atoms with Crippen LogP contribution in [-0.4, -0.2) is 23.0 Å². The second-order valence-electron chi connectivity index (χ2n) is 5.90. The van der Waals surface area contributed by atoms with E-state index < -0.39 is 0 Å². The molecule has 4 rings (SSSR count). The highest BCUT2D eigenvalue weighted by Gasteiger charge is 2.34. The Hall–Kier alpha value is -1.54. The van der Waals surface area contributed by atoms with Crippen LogP contribution < -0.4 is 0 Å². The van der Waals surface area contributed by atoms with E-state index in [-0.39, 0.29) is 0 Å². The molecule has 2 nitrogen and oxygen atoms in total. The van der Waals surface area contributed by atoms with Crippen molar-refractivity contribution in [1.29, 1.82) is 0 Å². The molecule has 1 saturated heterocycles. The lowest BCUT2D eigenvalue weighted by atomic mass is 9.86. The zero-order chi connectivity index (χ0) is 12.8. The molecule has 0 bridgehead atoms. The normalized spacial score (nSPS) is 26.9. The summed E-state index contributed by atoms with van der Waals surface area (Å²) in [6, 6.07) is 9.34. The fraction of sp³-hybridized carbons (Fsp3) is 0.412. The summed E-state index contributed by atoms with van der Waals surface area (Å²) in [6.45, 7) is 6.35. The second kappa shape index (κ2) is 4.24. The molecule has 2 atom stereocenters. The fourth-order valence-corrected chi connectivity index (χ4v) is 3.87. The van der Waals surface area contributed by atoms with Gasteiger partial charge < -0.3 is 4.98 Å². The first-order valence-corrected chi connectivity index (χ1v) is 7.33. The summed E-state index contributed by atoms with van der Waals surface area (Å²) in [5.41, 5.74) is 4.35. The maximum atomic E-state index is 3.97. The van der Waals surface area contributed by atoms with Crippen molar-refractivity contribution < 1.29 is 0 Å². The van der Waals surface area contributed by atoms with E-state index in [2.05, 4.69) is 46.8 Å². The van der Waals surface area contributed by atoms with Crippen LogP contribution in [0.3, 0.4) is 0 Å². The molecule has 98 valence electrons. The monoisotopic (exact) mass is 252 g/mol. The molecule has 0 unspecified atom stereocenters. The van der Waals surface area contributed by atoms with Gasteiger partial charge in [0.25, 0.3) is 0 Å². The number of H-pyrrole nitrogens is 1. The lowest BCUT2D eigenvalue weighted by molar-refractivity contribution is 0.112. The molecule has 3 heterocycles. The molecular formula is C17H20N2. The zero-order valence-corrected chi connectivity index (χ0v) is 11.2. The Morgan fingerprint density at radius 1 is 1.26 bits per heavy atom. The third kappa shape index (κ3) is 1.67. The van der Waals surface area contributed by atoms with E-state index >= 15 is 0 Å². The van der Waals surface area contributed by atoms with Gasteiger partial charge in [0.2, 0.25) is 0 Å². The molecular weight excluding hydrogens is 232 g/mol. The summed E-state index contributed by atoms with van der Waals surface area (Å²) in [5, 5.41) is 1.43. The molecule has 1 N–H and O–H groups in total. The van der Waals surface area contributed by atoms with E-state index in [4.69, 9.17) is 0 Å². The summed E-state index contributed by atoms with van der Waals surface area (Å²) < 4.78 is 0. The Labute approximate surface area is 114 Å². The molecule has 0 amide bonds. The lowest BCUT2D eigenvalue weighted by Gasteiger charge is -2.41. The minimum atomic E-state index is 0.604. The summed E-state index contributed by atoms with van der Waals surface area (Å²) in [7, 11) is 0. The Bertz CT molecular complexity index is 625. The summed E-state index contributed by atoms with van der Waals surface area (Å²) in [4.78, 5) is 6.33. The number of hydrogen-bond acceptors (Lipinski definition) is 1. The van der Waals surface area contributed by atoms with Crippen molar-refractivity contribution in [2.24, 2.45) is 5.92 Å². The third-order valence-corrected chi connectivity index (χ3v) is 4.88. The quantitative estimate of drug-likeness (QED) is 0.767. The van der Waals surface area contributed by atoms with Crippen LogP contribution in [0.2, 0.25) is 0 Å². The number of para-hydroxylation sites is 1. The van der Waals surface area contributed by atoms with Crippen molar-refractivity contribution in [3.05, 3.63) is 48.2 Å². The number of benzene rings is 1. The van der Waals surface area contributed by atoms with Crippen molar-refractivity contribution in [2.75, 3.05) is 13.1 Å². The molecule has 0 saturated carbocycles. The van der Waals surface area contributed by atoms with Gasteiger partial charge in [-0.05, 0) is 36.8 Å². The molecule has 2 aliphatic heterocycles. The maximum absolute atomic E-state index is 3.97. The van der Waals surface area contributed by atoms with Gasteiger partial charge in [-0.1, -0.05) is 24.3 Å². The highest BCUT2D eigenvalue weighted by atomic mass is 15.2. The van der Waals surface area contributed by atoms with Crippen LogP contribution in [0.4, 0.5) is 0 Å². The van der Waals surface area contributed by atoms with Gasteiger partial charge in [0.15, 0.2) is 0 Å². The summed E-state index contributed by atoms with van der Waals surface area (Å²) in [6.07, 6.45) is 5.85. The number of piperidine rings is 1. The smallest absolute Gasteiger partial charge is 0.0502 e. The van der Waals surface area contributed by atoms with E-state index in [0.717, 1.165) is 0 Å². The number of fused-ring (bicyclic) bond motifs is 5. The van der Waals surface area contributed by atoms with Crippen LogP contribution >= 0.6 is 0 Å². The number of nitrogens with zero attached hydrogens (tertiary/aromatic N) is 1. The largest absolute Gasteiger partial charge is 0.357 e. The summed E-state index contributed by atoms with van der Waals surface area (Å²) in [5.74, 6) is 0.683. The molecule has 2 aliphatic rings. The van der Waals surface area contributed by atoms with E-state index in [1.54, 1.807) is 5.56 Å². The molecule has 0 aliphatic carbocycles. The maximum Gasteiger partial charge on any atom is 0.0502 e. The Morgan fingerprint density at radius 3 is 3.05 bits per heavy atom. The van der Waals surface area contributed by atoms with Gasteiger partial charge in [-0.15, -0.1) is 6.58 Å². The van der Waals surface area contributed by atoms with Gasteiger partial charge in [0, 0.05) is 29.7 Å². The van der Waals surface area contributed by atoms with Crippen LogP contribution in [0.15, 0.2) is 36.9 Å². The van der Waals surface area contributed by atoms with E-state index in [9.17, 15) is 0 Å². The zero-order valence-electron chi connectivity index (χ0n) is 11.2. The molecule has 19 heavy (non-hydrogen) atoms. The molecule has 2 aromatic rings. The number of aromatic nitrogens is 1. The Morgan fingerprint density at radius 2 is 2.16 bits per heavy atom.